The predicted molar refractivity (Wildman–Crippen MR) is 81.2 cm³/mol. The molecule has 2 aromatic rings. The molecule has 0 aliphatic carbocycles. The van der Waals surface area contributed by atoms with Crippen LogP contribution in [-0.2, 0) is 4.79 Å². The van der Waals surface area contributed by atoms with Crippen molar-refractivity contribution >= 4 is 23.2 Å². The molecule has 3 rings (SSSR count). The van der Waals surface area contributed by atoms with Gasteiger partial charge in [-0.05, 0) is 24.3 Å². The van der Waals surface area contributed by atoms with Gasteiger partial charge in [-0.3, -0.25) is 9.59 Å². The first kappa shape index (κ1) is 13.2. The van der Waals surface area contributed by atoms with Gasteiger partial charge in [-0.1, -0.05) is 30.3 Å². The van der Waals surface area contributed by atoms with Gasteiger partial charge >= 0.3 is 0 Å². The zero-order chi connectivity index (χ0) is 14.7. The molecule has 0 unspecified atom stereocenters. The Morgan fingerprint density at radius 3 is 2.62 bits per heavy atom. The molecule has 0 saturated heterocycles. The summed E-state index contributed by atoms with van der Waals surface area (Å²) in [6.45, 7) is 0.518. The minimum absolute atomic E-state index is 0.0809. The molecule has 1 aliphatic heterocycles. The Kier molecular flexibility index (Phi) is 3.55. The Morgan fingerprint density at radius 1 is 1.10 bits per heavy atom. The van der Waals surface area contributed by atoms with Crippen LogP contribution in [0, 0.1) is 0 Å². The normalized spacial score (nSPS) is 13.3. The molecule has 0 spiro atoms. The van der Waals surface area contributed by atoms with Crippen molar-refractivity contribution in [2.45, 2.75) is 0 Å². The Labute approximate surface area is 122 Å². The second kappa shape index (κ2) is 5.66. The summed E-state index contributed by atoms with van der Waals surface area (Å²) >= 11 is 0. The molecule has 0 aromatic heterocycles. The van der Waals surface area contributed by atoms with Crippen molar-refractivity contribution < 1.29 is 9.59 Å². The quantitative estimate of drug-likeness (QED) is 0.902. The van der Waals surface area contributed by atoms with Crippen LogP contribution in [0.2, 0.25) is 0 Å². The molecule has 21 heavy (non-hydrogen) atoms. The second-order valence-electron chi connectivity index (χ2n) is 4.79. The molecule has 2 N–H and O–H groups in total. The number of carbonyl (C=O) groups is 2. The van der Waals surface area contributed by atoms with E-state index in [1.807, 2.05) is 47.4 Å². The standard InChI is InChI=1S/C16H15N3O2/c20-15-10-19(14-9-5-4-8-13(14)18-15)11-17-16(21)12-6-2-1-3-7-12/h1-9H,10-11H2,(H,17,21)(H,18,20). The van der Waals surface area contributed by atoms with Crippen LogP contribution in [0.1, 0.15) is 10.4 Å². The number of nitrogens with one attached hydrogen (secondary N) is 2. The maximum absolute atomic E-state index is 12.0. The molecule has 0 atom stereocenters. The summed E-state index contributed by atoms with van der Waals surface area (Å²) in [6, 6.07) is 16.5. The van der Waals surface area contributed by atoms with Gasteiger partial charge < -0.3 is 15.5 Å². The Bertz CT molecular complexity index is 670. The summed E-state index contributed by atoms with van der Waals surface area (Å²) in [7, 11) is 0. The van der Waals surface area contributed by atoms with Crippen LogP contribution >= 0.6 is 0 Å². The topological polar surface area (TPSA) is 61.4 Å². The van der Waals surface area contributed by atoms with E-state index < -0.39 is 0 Å². The van der Waals surface area contributed by atoms with Crippen LogP contribution in [0.5, 0.6) is 0 Å². The van der Waals surface area contributed by atoms with Crippen LogP contribution in [0.25, 0.3) is 0 Å². The van der Waals surface area contributed by atoms with E-state index in [4.69, 9.17) is 0 Å². The highest BCUT2D eigenvalue weighted by Gasteiger charge is 2.21. The lowest BCUT2D eigenvalue weighted by Crippen LogP contribution is -2.44. The van der Waals surface area contributed by atoms with Crippen LogP contribution in [0.4, 0.5) is 11.4 Å². The number of benzene rings is 2. The summed E-state index contributed by atoms with van der Waals surface area (Å²) in [5.41, 5.74) is 2.28. The van der Waals surface area contributed by atoms with Gasteiger partial charge in [0.25, 0.3) is 5.91 Å². The van der Waals surface area contributed by atoms with Gasteiger partial charge in [0, 0.05) is 5.56 Å². The first-order valence-electron chi connectivity index (χ1n) is 6.71. The molecule has 2 amide bonds. The van der Waals surface area contributed by atoms with Gasteiger partial charge in [0.15, 0.2) is 0 Å². The molecule has 1 heterocycles. The van der Waals surface area contributed by atoms with Crippen molar-refractivity contribution in [1.82, 2.24) is 5.32 Å². The van der Waals surface area contributed by atoms with Crippen LogP contribution in [0.3, 0.4) is 0 Å². The summed E-state index contributed by atoms with van der Waals surface area (Å²) in [5.74, 6) is -0.235. The maximum Gasteiger partial charge on any atom is 0.252 e. The highest BCUT2D eigenvalue weighted by atomic mass is 16.2. The molecule has 5 nitrogen and oxygen atoms in total. The van der Waals surface area contributed by atoms with E-state index in [2.05, 4.69) is 10.6 Å². The average molecular weight is 281 g/mol. The van der Waals surface area contributed by atoms with Gasteiger partial charge in [-0.25, -0.2) is 0 Å². The summed E-state index contributed by atoms with van der Waals surface area (Å²) in [5, 5.41) is 5.65. The number of nitrogens with zero attached hydrogens (tertiary/aromatic N) is 1. The zero-order valence-electron chi connectivity index (χ0n) is 11.4. The van der Waals surface area contributed by atoms with Crippen molar-refractivity contribution in [3.63, 3.8) is 0 Å². The monoisotopic (exact) mass is 281 g/mol. The molecule has 5 heteroatoms. The largest absolute Gasteiger partial charge is 0.343 e. The third-order valence-electron chi connectivity index (χ3n) is 3.32. The lowest BCUT2D eigenvalue weighted by Gasteiger charge is -2.30. The molecular weight excluding hydrogens is 266 g/mol. The first-order valence-corrected chi connectivity index (χ1v) is 6.71. The van der Waals surface area contributed by atoms with E-state index >= 15 is 0 Å². The van der Waals surface area contributed by atoms with Crippen molar-refractivity contribution in [3.05, 3.63) is 60.2 Å². The third-order valence-corrected chi connectivity index (χ3v) is 3.32. The van der Waals surface area contributed by atoms with Gasteiger partial charge in [0.05, 0.1) is 24.6 Å². The Morgan fingerprint density at radius 2 is 1.81 bits per heavy atom. The minimum atomic E-state index is -0.154. The fraction of sp³-hybridized carbons (Fsp3) is 0.125. The maximum atomic E-state index is 12.0. The van der Waals surface area contributed by atoms with E-state index in [0.717, 1.165) is 11.4 Å². The Balaban J connectivity index is 1.71. The molecule has 0 radical (unpaired) electrons. The number of amides is 2. The van der Waals surface area contributed by atoms with Gasteiger partial charge in [0.1, 0.15) is 0 Å². The number of anilines is 2. The molecule has 0 fully saturated rings. The molecular formula is C16H15N3O2. The van der Waals surface area contributed by atoms with E-state index in [1.54, 1.807) is 12.1 Å². The highest BCUT2D eigenvalue weighted by Crippen LogP contribution is 2.28. The number of fused-ring (bicyclic) bond motifs is 1. The summed E-state index contributed by atoms with van der Waals surface area (Å²) in [4.78, 5) is 25.6. The van der Waals surface area contributed by atoms with Gasteiger partial charge in [-0.15, -0.1) is 0 Å². The smallest absolute Gasteiger partial charge is 0.252 e. The molecule has 0 saturated carbocycles. The van der Waals surface area contributed by atoms with Crippen molar-refractivity contribution in [2.24, 2.45) is 0 Å². The third kappa shape index (κ3) is 2.86. The average Bonchev–Trinajstić information content (AvgIpc) is 2.53. The number of rotatable bonds is 3. The van der Waals surface area contributed by atoms with Crippen LogP contribution < -0.4 is 15.5 Å². The van der Waals surface area contributed by atoms with E-state index in [9.17, 15) is 9.59 Å². The lowest BCUT2D eigenvalue weighted by molar-refractivity contribution is -0.115. The number of para-hydroxylation sites is 2. The van der Waals surface area contributed by atoms with Crippen LogP contribution in [-0.4, -0.2) is 25.0 Å². The summed E-state index contributed by atoms with van der Waals surface area (Å²) in [6.07, 6.45) is 0. The van der Waals surface area contributed by atoms with Crippen LogP contribution in [0.15, 0.2) is 54.6 Å². The lowest BCUT2D eigenvalue weighted by atomic mass is 10.2. The van der Waals surface area contributed by atoms with Crippen molar-refractivity contribution in [2.75, 3.05) is 23.4 Å². The van der Waals surface area contributed by atoms with E-state index in [1.165, 1.54) is 0 Å². The van der Waals surface area contributed by atoms with E-state index in [-0.39, 0.29) is 25.0 Å². The van der Waals surface area contributed by atoms with Gasteiger partial charge in [-0.2, -0.15) is 0 Å². The summed E-state index contributed by atoms with van der Waals surface area (Å²) < 4.78 is 0. The fourth-order valence-electron chi connectivity index (χ4n) is 2.30. The number of carbonyl (C=O) groups excluding carboxylic acids is 2. The highest BCUT2D eigenvalue weighted by molar-refractivity contribution is 6.01. The first-order chi connectivity index (χ1) is 10.2. The van der Waals surface area contributed by atoms with Crippen molar-refractivity contribution in [1.29, 1.82) is 0 Å². The zero-order valence-corrected chi connectivity index (χ0v) is 11.4. The van der Waals surface area contributed by atoms with E-state index in [0.29, 0.717) is 5.56 Å². The molecule has 106 valence electrons. The van der Waals surface area contributed by atoms with Gasteiger partial charge in [0.2, 0.25) is 5.91 Å². The SMILES string of the molecule is O=C1CN(CNC(=O)c2ccccc2)c2ccccc2N1. The Hall–Kier alpha value is -2.82. The number of hydrogen-bond acceptors (Lipinski definition) is 3. The fourth-order valence-corrected chi connectivity index (χ4v) is 2.30. The molecule has 1 aliphatic rings. The predicted octanol–water partition coefficient (Wildman–Crippen LogP) is 1.83. The minimum Gasteiger partial charge on any atom is -0.343 e. The molecule has 2 aromatic carbocycles. The van der Waals surface area contributed by atoms with Crippen molar-refractivity contribution in [3.8, 4) is 0 Å². The number of hydrogen-bond donors (Lipinski definition) is 2. The molecule has 0 bridgehead atoms. The second-order valence-corrected chi connectivity index (χ2v) is 4.79.